The van der Waals surface area contributed by atoms with Crippen molar-refractivity contribution < 1.29 is 5.11 Å². The predicted molar refractivity (Wildman–Crippen MR) is 52.1 cm³/mol. The van der Waals surface area contributed by atoms with Crippen LogP contribution in [0.4, 0.5) is 0 Å². The van der Waals surface area contributed by atoms with Crippen molar-refractivity contribution in [2.75, 3.05) is 0 Å². The molecular formula is C11H20O. The van der Waals surface area contributed by atoms with Gasteiger partial charge in [0.25, 0.3) is 0 Å². The van der Waals surface area contributed by atoms with Crippen molar-refractivity contribution in [3.8, 4) is 0 Å². The van der Waals surface area contributed by atoms with Gasteiger partial charge in [-0.05, 0) is 19.3 Å². The van der Waals surface area contributed by atoms with E-state index in [2.05, 4.69) is 13.5 Å². The van der Waals surface area contributed by atoms with E-state index >= 15 is 0 Å². The fraction of sp³-hybridized carbons (Fsp3) is 0.818. The van der Waals surface area contributed by atoms with Crippen molar-refractivity contribution >= 4 is 0 Å². The molecule has 0 unspecified atom stereocenters. The number of unbranched alkanes of at least 4 members (excludes halogenated alkanes) is 3. The molecule has 1 saturated carbocycles. The van der Waals surface area contributed by atoms with Gasteiger partial charge in [-0.2, -0.15) is 0 Å². The fourth-order valence-corrected chi connectivity index (χ4v) is 1.94. The lowest BCUT2D eigenvalue weighted by atomic mass is 9.73. The van der Waals surface area contributed by atoms with Crippen molar-refractivity contribution in [2.45, 2.75) is 57.5 Å². The number of hydrogen-bond donors (Lipinski definition) is 1. The zero-order valence-corrected chi connectivity index (χ0v) is 8.10. The normalized spacial score (nSPS) is 20.7. The average Bonchev–Trinajstić information content (AvgIpc) is 1.96. The third kappa shape index (κ3) is 2.63. The van der Waals surface area contributed by atoms with Gasteiger partial charge in [-0.25, -0.2) is 0 Å². The minimum atomic E-state index is -0.356. The molecule has 1 heteroatoms. The molecule has 1 fully saturated rings. The second-order valence-corrected chi connectivity index (χ2v) is 4.14. The molecule has 0 amide bonds. The Morgan fingerprint density at radius 1 is 1.33 bits per heavy atom. The zero-order valence-electron chi connectivity index (χ0n) is 8.10. The van der Waals surface area contributed by atoms with Crippen LogP contribution in [0.1, 0.15) is 51.9 Å². The maximum absolute atomic E-state index is 9.82. The summed E-state index contributed by atoms with van der Waals surface area (Å²) in [6, 6.07) is 0. The van der Waals surface area contributed by atoms with Gasteiger partial charge in [0.1, 0.15) is 0 Å². The molecule has 1 aliphatic rings. The Hall–Kier alpha value is -0.300. The van der Waals surface area contributed by atoms with Crippen molar-refractivity contribution in [1.82, 2.24) is 0 Å². The minimum Gasteiger partial charge on any atom is -0.389 e. The lowest BCUT2D eigenvalue weighted by molar-refractivity contribution is -0.00707. The predicted octanol–water partition coefficient (Wildman–Crippen LogP) is 3.04. The lowest BCUT2D eigenvalue weighted by Crippen LogP contribution is -2.38. The third-order valence-electron chi connectivity index (χ3n) is 2.65. The molecule has 70 valence electrons. The highest BCUT2D eigenvalue weighted by Crippen LogP contribution is 2.39. The third-order valence-corrected chi connectivity index (χ3v) is 2.65. The minimum absolute atomic E-state index is 0.356. The fourth-order valence-electron chi connectivity index (χ4n) is 1.94. The van der Waals surface area contributed by atoms with Crippen LogP contribution >= 0.6 is 0 Å². The summed E-state index contributed by atoms with van der Waals surface area (Å²) in [4.78, 5) is 0. The molecule has 1 N–H and O–H groups in total. The van der Waals surface area contributed by atoms with Gasteiger partial charge in [-0.3, -0.25) is 0 Å². The number of aliphatic hydroxyl groups is 1. The molecule has 1 rings (SSSR count). The molecule has 0 aromatic heterocycles. The van der Waals surface area contributed by atoms with E-state index in [-0.39, 0.29) is 5.60 Å². The maximum Gasteiger partial charge on any atom is 0.0721 e. The number of hydrogen-bond acceptors (Lipinski definition) is 1. The molecule has 12 heavy (non-hydrogen) atoms. The first-order chi connectivity index (χ1) is 5.66. The summed E-state index contributed by atoms with van der Waals surface area (Å²) in [5.74, 6) is 0. The first-order valence-electron chi connectivity index (χ1n) is 5.05. The van der Waals surface area contributed by atoms with E-state index < -0.39 is 0 Å². The summed E-state index contributed by atoms with van der Waals surface area (Å²) in [6.45, 7) is 6.05. The Labute approximate surface area is 75.5 Å². The van der Waals surface area contributed by atoms with E-state index in [4.69, 9.17) is 0 Å². The van der Waals surface area contributed by atoms with Crippen molar-refractivity contribution in [3.63, 3.8) is 0 Å². The van der Waals surface area contributed by atoms with Crippen LogP contribution in [0.5, 0.6) is 0 Å². The Bertz CT molecular complexity index is 152. The molecule has 0 radical (unpaired) electrons. The van der Waals surface area contributed by atoms with E-state index in [0.29, 0.717) is 0 Å². The van der Waals surface area contributed by atoms with Crippen molar-refractivity contribution in [1.29, 1.82) is 0 Å². The zero-order chi connectivity index (χ0) is 9.03. The molecule has 0 saturated heterocycles. The van der Waals surface area contributed by atoms with Crippen LogP contribution in [0.2, 0.25) is 0 Å². The summed E-state index contributed by atoms with van der Waals surface area (Å²) in [7, 11) is 0. The molecular weight excluding hydrogens is 148 g/mol. The highest BCUT2D eigenvalue weighted by Gasteiger charge is 2.36. The van der Waals surface area contributed by atoms with Gasteiger partial charge in [0.05, 0.1) is 5.60 Å². The van der Waals surface area contributed by atoms with Crippen molar-refractivity contribution in [3.05, 3.63) is 12.2 Å². The van der Waals surface area contributed by atoms with Crippen LogP contribution in [0.3, 0.4) is 0 Å². The summed E-state index contributed by atoms with van der Waals surface area (Å²) in [5, 5.41) is 9.82. The summed E-state index contributed by atoms with van der Waals surface area (Å²) in [5.41, 5.74) is 0.859. The highest BCUT2D eigenvalue weighted by atomic mass is 16.3. The standard InChI is InChI=1S/C11H20O/c1-3-4-5-6-7-11(12)8-10(2)9-11/h12H,2-9H2,1H3. The van der Waals surface area contributed by atoms with Gasteiger partial charge in [-0.1, -0.05) is 44.8 Å². The molecule has 0 aliphatic heterocycles. The highest BCUT2D eigenvalue weighted by molar-refractivity contribution is 5.16. The molecule has 0 spiro atoms. The van der Waals surface area contributed by atoms with Gasteiger partial charge < -0.3 is 5.11 Å². The molecule has 0 bridgehead atoms. The second kappa shape index (κ2) is 4.08. The van der Waals surface area contributed by atoms with Crippen LogP contribution < -0.4 is 0 Å². The molecule has 0 aromatic rings. The Kier molecular flexibility index (Phi) is 3.33. The van der Waals surface area contributed by atoms with Crippen LogP contribution in [0, 0.1) is 0 Å². The Balaban J connectivity index is 2.03. The number of rotatable bonds is 5. The van der Waals surface area contributed by atoms with Crippen LogP contribution in [-0.2, 0) is 0 Å². The monoisotopic (exact) mass is 168 g/mol. The SMILES string of the molecule is C=C1CC(O)(CCCCCC)C1. The van der Waals surface area contributed by atoms with Crippen LogP contribution in [0.15, 0.2) is 12.2 Å². The van der Waals surface area contributed by atoms with Crippen LogP contribution in [0.25, 0.3) is 0 Å². The van der Waals surface area contributed by atoms with Crippen molar-refractivity contribution in [2.24, 2.45) is 0 Å². The average molecular weight is 168 g/mol. The van der Waals surface area contributed by atoms with E-state index in [1.165, 1.54) is 31.3 Å². The summed E-state index contributed by atoms with van der Waals surface area (Å²) in [6.07, 6.45) is 7.69. The van der Waals surface area contributed by atoms with Gasteiger partial charge in [-0.15, -0.1) is 0 Å². The molecule has 0 aromatic carbocycles. The maximum atomic E-state index is 9.82. The first-order valence-corrected chi connectivity index (χ1v) is 5.05. The molecule has 0 atom stereocenters. The topological polar surface area (TPSA) is 20.2 Å². The lowest BCUT2D eigenvalue weighted by Gasteiger charge is -2.38. The summed E-state index contributed by atoms with van der Waals surface area (Å²) < 4.78 is 0. The molecule has 1 aliphatic carbocycles. The largest absolute Gasteiger partial charge is 0.389 e. The molecule has 1 nitrogen and oxygen atoms in total. The van der Waals surface area contributed by atoms with Gasteiger partial charge in [0.2, 0.25) is 0 Å². The quantitative estimate of drug-likeness (QED) is 0.494. The Morgan fingerprint density at radius 3 is 2.50 bits per heavy atom. The second-order valence-electron chi connectivity index (χ2n) is 4.14. The van der Waals surface area contributed by atoms with E-state index in [9.17, 15) is 5.11 Å². The van der Waals surface area contributed by atoms with E-state index in [1.54, 1.807) is 0 Å². The first kappa shape index (κ1) is 9.79. The Morgan fingerprint density at radius 2 is 2.00 bits per heavy atom. The van der Waals surface area contributed by atoms with Gasteiger partial charge in [0.15, 0.2) is 0 Å². The van der Waals surface area contributed by atoms with Gasteiger partial charge in [0, 0.05) is 0 Å². The van der Waals surface area contributed by atoms with E-state index in [0.717, 1.165) is 19.3 Å². The van der Waals surface area contributed by atoms with Crippen LogP contribution in [-0.4, -0.2) is 10.7 Å². The smallest absolute Gasteiger partial charge is 0.0721 e. The van der Waals surface area contributed by atoms with Gasteiger partial charge >= 0.3 is 0 Å². The molecule has 0 heterocycles. The van der Waals surface area contributed by atoms with E-state index in [1.807, 2.05) is 0 Å². The summed E-state index contributed by atoms with van der Waals surface area (Å²) >= 11 is 0.